The zero-order chi connectivity index (χ0) is 3.58. The average molecular weight is 147 g/mol. The number of hydrogen-bond acceptors (Lipinski definition) is 3. The molecule has 3 nitrogen and oxygen atoms in total. The predicted octanol–water partition coefficient (Wildman–Crippen LogP) is -2.97. The third-order valence-corrected chi connectivity index (χ3v) is 0. The van der Waals surface area contributed by atoms with Gasteiger partial charge in [0.15, 0.2) is 0 Å². The second-order valence-electron chi connectivity index (χ2n) is 0.346. The predicted molar refractivity (Wildman–Crippen MR) is 21.0 cm³/mol. The quantitative estimate of drug-likeness (QED) is 0.321. The number of rotatable bonds is 0. The van der Waals surface area contributed by atoms with Gasteiger partial charge in [0.2, 0.25) is 0 Å². The van der Waals surface area contributed by atoms with Crippen LogP contribution >= 0.6 is 0 Å². The first-order valence-corrected chi connectivity index (χ1v) is 0.775. The van der Waals surface area contributed by atoms with Crippen LogP contribution in [0.4, 0.5) is 0 Å². The van der Waals surface area contributed by atoms with E-state index in [1.54, 1.807) is 0 Å². The van der Waals surface area contributed by atoms with Crippen LogP contribution in [0.15, 0.2) is 0 Å². The third kappa shape index (κ3) is 62.6. The summed E-state index contributed by atoms with van der Waals surface area (Å²) < 4.78 is 0. The van der Waals surface area contributed by atoms with E-state index in [1.165, 1.54) is 0 Å². The third-order valence-electron chi connectivity index (χ3n) is 0. The van der Waals surface area contributed by atoms with Crippen molar-refractivity contribution in [3.63, 3.8) is 0 Å². The molecule has 0 aromatic heterocycles. The minimum atomic E-state index is -2.17. The average Bonchev–Trinajstić information content (AvgIpc) is 0.811. The Balaban J connectivity index is -0.0000000450. The smallest absolute Gasteiger partial charge is 0.402 e. The first kappa shape index (κ1) is 15.7. The largest absolute Gasteiger partial charge is 0.631 e. The molecule has 0 saturated carbocycles. The minimum Gasteiger partial charge on any atom is -0.402 e. The molecule has 0 aliphatic carbocycles. The van der Waals surface area contributed by atoms with Crippen LogP contribution < -0.4 is 0 Å². The van der Waals surface area contributed by atoms with Gasteiger partial charge in [0, 0.05) is 16.8 Å². The van der Waals surface area contributed by atoms with Gasteiger partial charge in [0.25, 0.3) is 0 Å². The Hall–Kier alpha value is 1.22. The molecule has 0 aromatic carbocycles. The molecule has 0 aliphatic heterocycles. The van der Waals surface area contributed by atoms with E-state index < -0.39 is 7.32 Å². The van der Waals surface area contributed by atoms with Crippen molar-refractivity contribution in [3.8, 4) is 0 Å². The van der Waals surface area contributed by atoms with Crippen LogP contribution in [0.3, 0.4) is 0 Å². The normalized spacial score (nSPS) is 4.50. The molecule has 0 unspecified atom stereocenters. The molecule has 0 atom stereocenters. The van der Waals surface area contributed by atoms with Crippen molar-refractivity contribution in [2.45, 2.75) is 0 Å². The molecule has 3 N–H and O–H groups in total. The maximum absolute atomic E-state index is 7.17. The topological polar surface area (TPSA) is 60.7 Å². The van der Waals surface area contributed by atoms with Gasteiger partial charge in [-0.05, 0) is 0 Å². The molecule has 0 rings (SSSR count). The molecule has 1 radical (unpaired) electrons. The second-order valence-corrected chi connectivity index (χ2v) is 0.346. The fourth-order valence-corrected chi connectivity index (χ4v) is 0. The van der Waals surface area contributed by atoms with Crippen molar-refractivity contribution >= 4 is 30.4 Å². The van der Waals surface area contributed by atoms with Gasteiger partial charge in [-0.1, -0.05) is 0 Å². The molecule has 6 heteroatoms. The molecular formula is H5BCoMgO3. The van der Waals surface area contributed by atoms with E-state index in [0.29, 0.717) is 0 Å². The van der Waals surface area contributed by atoms with E-state index in [9.17, 15) is 0 Å². The SMILES string of the molecule is OB(O)O.[Co].[MgH2]. The van der Waals surface area contributed by atoms with Crippen molar-refractivity contribution in [2.24, 2.45) is 0 Å². The second kappa shape index (κ2) is 9.52. The summed E-state index contributed by atoms with van der Waals surface area (Å²) in [7, 11) is -2.17. The first-order valence-electron chi connectivity index (χ1n) is 0.775. The molecule has 0 fully saturated rings. The van der Waals surface area contributed by atoms with Crippen molar-refractivity contribution in [1.82, 2.24) is 0 Å². The fraction of sp³-hybridized carbons (Fsp3) is 0. The molecule has 6 heavy (non-hydrogen) atoms. The molecule has 0 spiro atoms. The molecule has 37 valence electrons. The van der Waals surface area contributed by atoms with Gasteiger partial charge in [-0.15, -0.1) is 0 Å². The van der Waals surface area contributed by atoms with E-state index in [1.807, 2.05) is 0 Å². The summed E-state index contributed by atoms with van der Waals surface area (Å²) in [5.74, 6) is 0. The summed E-state index contributed by atoms with van der Waals surface area (Å²) >= 11 is 0. The Kier molecular flexibility index (Phi) is 24.9. The summed E-state index contributed by atoms with van der Waals surface area (Å²) in [6.45, 7) is 0. The van der Waals surface area contributed by atoms with Gasteiger partial charge in [0.1, 0.15) is 0 Å². The Morgan fingerprint density at radius 2 is 1.00 bits per heavy atom. The van der Waals surface area contributed by atoms with Crippen LogP contribution in [-0.4, -0.2) is 45.4 Å². The van der Waals surface area contributed by atoms with Gasteiger partial charge in [-0.25, -0.2) is 0 Å². The van der Waals surface area contributed by atoms with Crippen LogP contribution in [0.5, 0.6) is 0 Å². The maximum atomic E-state index is 7.17. The van der Waals surface area contributed by atoms with Gasteiger partial charge in [-0.2, -0.15) is 0 Å². The number of hydrogen-bond donors (Lipinski definition) is 3. The molecule has 0 saturated heterocycles. The molecule has 0 aromatic rings. The zero-order valence-electron chi connectivity index (χ0n) is 2.25. The van der Waals surface area contributed by atoms with Crippen molar-refractivity contribution in [2.75, 3.05) is 0 Å². The van der Waals surface area contributed by atoms with Crippen LogP contribution in [-0.2, 0) is 16.8 Å². The van der Waals surface area contributed by atoms with Crippen LogP contribution in [0, 0.1) is 0 Å². The van der Waals surface area contributed by atoms with Gasteiger partial charge >= 0.3 is 30.4 Å². The van der Waals surface area contributed by atoms with Gasteiger partial charge < -0.3 is 15.1 Å². The zero-order valence-corrected chi connectivity index (χ0v) is 3.29. The Morgan fingerprint density at radius 1 is 1.00 bits per heavy atom. The van der Waals surface area contributed by atoms with Crippen molar-refractivity contribution in [1.29, 1.82) is 0 Å². The summed E-state index contributed by atoms with van der Waals surface area (Å²) in [5.41, 5.74) is 0. The molecular weight excluding hydrogens is 142 g/mol. The van der Waals surface area contributed by atoms with Gasteiger partial charge in [0.05, 0.1) is 0 Å². The van der Waals surface area contributed by atoms with E-state index in [2.05, 4.69) is 0 Å². The summed E-state index contributed by atoms with van der Waals surface area (Å²) in [6.07, 6.45) is 0. The Morgan fingerprint density at radius 3 is 1.00 bits per heavy atom. The van der Waals surface area contributed by atoms with Crippen molar-refractivity contribution in [3.05, 3.63) is 0 Å². The molecule has 0 aliphatic rings. The molecule has 0 amide bonds. The Labute approximate surface area is 62.3 Å². The van der Waals surface area contributed by atoms with E-state index in [4.69, 9.17) is 15.1 Å². The molecule has 0 heterocycles. The standard InChI is InChI=1S/BH3O3.Co.Mg.2H/c2-1(3)4;;;;/h2-4H;;;;. The van der Waals surface area contributed by atoms with Crippen LogP contribution in [0.1, 0.15) is 0 Å². The van der Waals surface area contributed by atoms with Crippen molar-refractivity contribution < 1.29 is 31.9 Å². The van der Waals surface area contributed by atoms with E-state index in [0.717, 1.165) is 0 Å². The summed E-state index contributed by atoms with van der Waals surface area (Å²) in [4.78, 5) is 0. The van der Waals surface area contributed by atoms with E-state index in [-0.39, 0.29) is 39.8 Å². The minimum absolute atomic E-state index is 0. The fourth-order valence-electron chi connectivity index (χ4n) is 0. The van der Waals surface area contributed by atoms with Crippen LogP contribution in [0.25, 0.3) is 0 Å². The molecule has 0 bridgehead atoms. The summed E-state index contributed by atoms with van der Waals surface area (Å²) in [6, 6.07) is 0. The monoisotopic (exact) mass is 147 g/mol. The maximum Gasteiger partial charge on any atom is 0.631 e. The Bertz CT molecular complexity index is 15.5. The van der Waals surface area contributed by atoms with E-state index >= 15 is 0 Å². The van der Waals surface area contributed by atoms with Gasteiger partial charge in [-0.3, -0.25) is 0 Å². The summed E-state index contributed by atoms with van der Waals surface area (Å²) in [5, 5.41) is 21.5. The van der Waals surface area contributed by atoms with Crippen LogP contribution in [0.2, 0.25) is 0 Å². The first-order chi connectivity index (χ1) is 1.73.